The summed E-state index contributed by atoms with van der Waals surface area (Å²) in [6.45, 7) is 7.92. The summed E-state index contributed by atoms with van der Waals surface area (Å²) in [6, 6.07) is 1.17. The molecular weight excluding hydrogens is 282 g/mol. The minimum absolute atomic E-state index is 0.145. The first-order valence-electron chi connectivity index (χ1n) is 6.74. The molecule has 0 aliphatic rings. The molecule has 1 rings (SSSR count). The third-order valence-corrected chi connectivity index (χ3v) is 2.31. The fourth-order valence-electron chi connectivity index (χ4n) is 1.54. The van der Waals surface area contributed by atoms with E-state index in [0.717, 1.165) is 0 Å². The SMILES string of the molecule is CC.CC.COC(=O)c1c(C)cc(OC(F)F)c(O)c1C. The Morgan fingerprint density at radius 2 is 1.67 bits per heavy atom. The Bertz CT molecular complexity index is 446. The second-order valence-corrected chi connectivity index (χ2v) is 3.41. The van der Waals surface area contributed by atoms with Crippen LogP contribution in [0.4, 0.5) is 8.78 Å². The number of phenolic OH excluding ortho intramolecular Hbond substituents is 1. The van der Waals surface area contributed by atoms with Crippen molar-refractivity contribution in [3.8, 4) is 11.5 Å². The van der Waals surface area contributed by atoms with E-state index in [9.17, 15) is 18.7 Å². The summed E-state index contributed by atoms with van der Waals surface area (Å²) < 4.78 is 32.8. The summed E-state index contributed by atoms with van der Waals surface area (Å²) in [6.07, 6.45) is 0. The Morgan fingerprint density at radius 1 is 1.19 bits per heavy atom. The van der Waals surface area contributed by atoms with Gasteiger partial charge in [0.05, 0.1) is 12.7 Å². The summed E-state index contributed by atoms with van der Waals surface area (Å²) in [5, 5.41) is 9.63. The lowest BCUT2D eigenvalue weighted by atomic mass is 10.0. The topological polar surface area (TPSA) is 55.8 Å². The minimum atomic E-state index is -3.04. The average molecular weight is 306 g/mol. The van der Waals surface area contributed by atoms with Crippen LogP contribution in [0.2, 0.25) is 0 Å². The van der Waals surface area contributed by atoms with E-state index in [1.54, 1.807) is 0 Å². The van der Waals surface area contributed by atoms with E-state index in [-0.39, 0.29) is 16.9 Å². The lowest BCUT2D eigenvalue weighted by molar-refractivity contribution is -0.0513. The van der Waals surface area contributed by atoms with E-state index in [0.29, 0.717) is 5.56 Å². The molecule has 1 aromatic rings. The molecule has 0 unspecified atom stereocenters. The van der Waals surface area contributed by atoms with Gasteiger partial charge in [-0.1, -0.05) is 27.7 Å². The van der Waals surface area contributed by atoms with Crippen molar-refractivity contribution < 1.29 is 28.2 Å². The maximum atomic E-state index is 12.1. The van der Waals surface area contributed by atoms with Gasteiger partial charge >= 0.3 is 12.6 Å². The van der Waals surface area contributed by atoms with Crippen molar-refractivity contribution in [1.29, 1.82) is 0 Å². The van der Waals surface area contributed by atoms with Gasteiger partial charge in [0.2, 0.25) is 0 Å². The Morgan fingerprint density at radius 3 is 2.05 bits per heavy atom. The van der Waals surface area contributed by atoms with Gasteiger partial charge in [0.25, 0.3) is 0 Å². The minimum Gasteiger partial charge on any atom is -0.504 e. The normalized spacial score (nSPS) is 9.05. The van der Waals surface area contributed by atoms with Crippen LogP contribution in [0, 0.1) is 13.8 Å². The standard InChI is InChI=1S/C11H12F2O4.2C2H6/c1-5-4-7(17-11(12)13)9(14)6(2)8(5)10(15)16-3;2*1-2/h4,11,14H,1-3H3;2*1-2H3. The Kier molecular flexibility index (Phi) is 11.1. The Balaban J connectivity index is 0. The number of benzene rings is 1. The number of hydrogen-bond donors (Lipinski definition) is 1. The molecule has 0 heterocycles. The maximum absolute atomic E-state index is 12.1. The zero-order valence-electron chi connectivity index (χ0n) is 13.6. The lowest BCUT2D eigenvalue weighted by Gasteiger charge is -2.14. The molecule has 6 heteroatoms. The highest BCUT2D eigenvalue weighted by atomic mass is 19.3. The zero-order valence-corrected chi connectivity index (χ0v) is 13.6. The molecule has 0 saturated carbocycles. The third kappa shape index (κ3) is 5.97. The van der Waals surface area contributed by atoms with Crippen LogP contribution in [-0.4, -0.2) is 24.8 Å². The summed E-state index contributed by atoms with van der Waals surface area (Å²) in [7, 11) is 1.20. The predicted octanol–water partition coefficient (Wildman–Crippen LogP) is 4.45. The molecule has 0 fully saturated rings. The zero-order chi connectivity index (χ0) is 17.2. The van der Waals surface area contributed by atoms with Crippen LogP contribution in [0.1, 0.15) is 49.2 Å². The largest absolute Gasteiger partial charge is 0.504 e. The summed E-state index contributed by atoms with van der Waals surface area (Å²) in [5.74, 6) is -1.49. The van der Waals surface area contributed by atoms with Crippen LogP contribution >= 0.6 is 0 Å². The molecule has 0 saturated heterocycles. The maximum Gasteiger partial charge on any atom is 0.387 e. The van der Waals surface area contributed by atoms with Gasteiger partial charge in [-0.3, -0.25) is 0 Å². The first kappa shape index (κ1) is 21.4. The average Bonchev–Trinajstić information content (AvgIpc) is 2.48. The number of carbonyl (C=O) groups is 1. The molecule has 0 bridgehead atoms. The molecule has 0 amide bonds. The van der Waals surface area contributed by atoms with Gasteiger partial charge in [-0.05, 0) is 25.5 Å². The first-order valence-corrected chi connectivity index (χ1v) is 6.74. The summed E-state index contributed by atoms with van der Waals surface area (Å²) in [5.41, 5.74) is 0.682. The molecule has 1 N–H and O–H groups in total. The molecule has 0 aliphatic carbocycles. The number of aryl methyl sites for hydroxylation is 1. The van der Waals surface area contributed by atoms with E-state index in [1.165, 1.54) is 27.0 Å². The van der Waals surface area contributed by atoms with E-state index < -0.39 is 18.3 Å². The molecule has 1 aromatic carbocycles. The van der Waals surface area contributed by atoms with Crippen molar-refractivity contribution in [2.45, 2.75) is 48.2 Å². The van der Waals surface area contributed by atoms with Crippen LogP contribution in [-0.2, 0) is 4.74 Å². The summed E-state index contributed by atoms with van der Waals surface area (Å²) >= 11 is 0. The van der Waals surface area contributed by atoms with E-state index >= 15 is 0 Å². The summed E-state index contributed by atoms with van der Waals surface area (Å²) in [4.78, 5) is 11.4. The number of rotatable bonds is 3. The molecule has 0 atom stereocenters. The first-order chi connectivity index (χ1) is 9.88. The highest BCUT2D eigenvalue weighted by Gasteiger charge is 2.20. The lowest BCUT2D eigenvalue weighted by Crippen LogP contribution is -2.09. The second-order valence-electron chi connectivity index (χ2n) is 3.41. The fraction of sp³-hybridized carbons (Fsp3) is 0.533. The number of hydrogen-bond acceptors (Lipinski definition) is 4. The highest BCUT2D eigenvalue weighted by Crippen LogP contribution is 2.35. The van der Waals surface area contributed by atoms with Gasteiger partial charge in [0.15, 0.2) is 11.5 Å². The number of phenols is 1. The van der Waals surface area contributed by atoms with Crippen molar-refractivity contribution in [2.75, 3.05) is 7.11 Å². The molecule has 0 aromatic heterocycles. The molecule has 0 spiro atoms. The smallest absolute Gasteiger partial charge is 0.387 e. The van der Waals surface area contributed by atoms with Gasteiger partial charge in [-0.25, -0.2) is 4.79 Å². The van der Waals surface area contributed by atoms with Gasteiger partial charge in [0, 0.05) is 5.56 Å². The van der Waals surface area contributed by atoms with E-state index in [4.69, 9.17) is 0 Å². The van der Waals surface area contributed by atoms with E-state index in [2.05, 4.69) is 9.47 Å². The van der Waals surface area contributed by atoms with Crippen LogP contribution in [0.25, 0.3) is 0 Å². The number of methoxy groups -OCH3 is 1. The fourth-order valence-corrected chi connectivity index (χ4v) is 1.54. The van der Waals surface area contributed by atoms with Crippen molar-refractivity contribution in [1.82, 2.24) is 0 Å². The predicted molar refractivity (Wildman–Crippen MR) is 78.2 cm³/mol. The molecular formula is C15H24F2O4. The third-order valence-electron chi connectivity index (χ3n) is 2.31. The van der Waals surface area contributed by atoms with Crippen LogP contribution in [0.3, 0.4) is 0 Å². The van der Waals surface area contributed by atoms with Gasteiger partial charge in [-0.2, -0.15) is 8.78 Å². The molecule has 4 nitrogen and oxygen atoms in total. The van der Waals surface area contributed by atoms with E-state index in [1.807, 2.05) is 27.7 Å². The molecule has 122 valence electrons. The van der Waals surface area contributed by atoms with Crippen LogP contribution in [0.15, 0.2) is 6.07 Å². The Hall–Kier alpha value is -1.85. The number of alkyl halides is 2. The van der Waals surface area contributed by atoms with Crippen molar-refractivity contribution >= 4 is 5.97 Å². The Labute approximate surface area is 124 Å². The molecule has 0 aliphatic heterocycles. The van der Waals surface area contributed by atoms with Crippen LogP contribution in [0.5, 0.6) is 11.5 Å². The highest BCUT2D eigenvalue weighted by molar-refractivity contribution is 5.93. The number of esters is 1. The number of ether oxygens (including phenoxy) is 2. The van der Waals surface area contributed by atoms with Gasteiger partial charge < -0.3 is 14.6 Å². The van der Waals surface area contributed by atoms with Crippen molar-refractivity contribution in [3.63, 3.8) is 0 Å². The van der Waals surface area contributed by atoms with Gasteiger partial charge in [0.1, 0.15) is 0 Å². The van der Waals surface area contributed by atoms with Gasteiger partial charge in [-0.15, -0.1) is 0 Å². The quantitative estimate of drug-likeness (QED) is 0.838. The number of carbonyl (C=O) groups excluding carboxylic acids is 1. The van der Waals surface area contributed by atoms with Crippen LogP contribution < -0.4 is 4.74 Å². The number of halogens is 2. The van der Waals surface area contributed by atoms with Crippen molar-refractivity contribution in [2.24, 2.45) is 0 Å². The monoisotopic (exact) mass is 306 g/mol. The second kappa shape index (κ2) is 10.9. The van der Waals surface area contributed by atoms with Crippen molar-refractivity contribution in [3.05, 3.63) is 22.8 Å². The molecule has 0 radical (unpaired) electrons. The molecule has 21 heavy (non-hydrogen) atoms. The number of aromatic hydroxyl groups is 1.